The number of hydrogen-bond acceptors (Lipinski definition) is 4. The van der Waals surface area contributed by atoms with Crippen LogP contribution in [0.2, 0.25) is 5.02 Å². The first-order valence-electron chi connectivity index (χ1n) is 6.98. The Morgan fingerprint density at radius 3 is 2.55 bits per heavy atom. The van der Waals surface area contributed by atoms with E-state index in [0.717, 1.165) is 16.1 Å². The Kier molecular flexibility index (Phi) is 4.80. The number of aromatic nitrogens is 2. The van der Waals surface area contributed by atoms with E-state index in [9.17, 15) is 0 Å². The monoisotopic (exact) mass is 330 g/mol. The zero-order valence-corrected chi connectivity index (χ0v) is 13.6. The van der Waals surface area contributed by atoms with Crippen molar-refractivity contribution in [3.63, 3.8) is 0 Å². The molecule has 3 nitrogen and oxygen atoms in total. The van der Waals surface area contributed by atoms with Crippen molar-refractivity contribution in [2.24, 2.45) is 0 Å². The van der Waals surface area contributed by atoms with E-state index in [1.807, 2.05) is 54.6 Å². The van der Waals surface area contributed by atoms with Crippen LogP contribution in [0.1, 0.15) is 23.6 Å². The molecule has 112 valence electrons. The van der Waals surface area contributed by atoms with Crippen LogP contribution in [-0.2, 0) is 5.75 Å². The highest BCUT2D eigenvalue weighted by Gasteiger charge is 2.13. The fourth-order valence-corrected chi connectivity index (χ4v) is 3.36. The van der Waals surface area contributed by atoms with E-state index in [0.29, 0.717) is 17.5 Å². The molecule has 1 aromatic heterocycles. The lowest BCUT2D eigenvalue weighted by Crippen LogP contribution is -1.91. The second kappa shape index (κ2) is 6.99. The van der Waals surface area contributed by atoms with Crippen molar-refractivity contribution in [1.82, 2.24) is 10.2 Å². The minimum absolute atomic E-state index is 0.265. The van der Waals surface area contributed by atoms with Gasteiger partial charge in [0.1, 0.15) is 0 Å². The molecule has 0 spiro atoms. The number of benzene rings is 2. The molecule has 0 aliphatic heterocycles. The van der Waals surface area contributed by atoms with Gasteiger partial charge >= 0.3 is 0 Å². The zero-order chi connectivity index (χ0) is 15.4. The van der Waals surface area contributed by atoms with Gasteiger partial charge in [-0.2, -0.15) is 0 Å². The molecule has 1 heterocycles. The Labute approximate surface area is 138 Å². The van der Waals surface area contributed by atoms with E-state index in [1.165, 1.54) is 0 Å². The first-order valence-corrected chi connectivity index (χ1v) is 8.40. The van der Waals surface area contributed by atoms with Crippen LogP contribution in [0, 0.1) is 0 Å². The average Bonchev–Trinajstić information content (AvgIpc) is 3.03. The van der Waals surface area contributed by atoms with Gasteiger partial charge in [-0.15, -0.1) is 22.0 Å². The predicted octanol–water partition coefficient (Wildman–Crippen LogP) is 5.38. The van der Waals surface area contributed by atoms with Crippen LogP contribution in [0.4, 0.5) is 0 Å². The maximum atomic E-state index is 6.22. The van der Waals surface area contributed by atoms with Gasteiger partial charge in [-0.05, 0) is 30.7 Å². The van der Waals surface area contributed by atoms with E-state index in [1.54, 1.807) is 11.8 Å². The summed E-state index contributed by atoms with van der Waals surface area (Å²) < 4.78 is 5.71. The number of nitrogens with zero attached hydrogens (tertiary/aromatic N) is 2. The van der Waals surface area contributed by atoms with Gasteiger partial charge in [0, 0.05) is 15.8 Å². The van der Waals surface area contributed by atoms with Gasteiger partial charge < -0.3 is 4.42 Å². The van der Waals surface area contributed by atoms with Gasteiger partial charge in [0.2, 0.25) is 11.8 Å². The number of halogens is 1. The van der Waals surface area contributed by atoms with Crippen molar-refractivity contribution in [1.29, 1.82) is 0 Å². The fourth-order valence-electron chi connectivity index (χ4n) is 2.10. The summed E-state index contributed by atoms with van der Waals surface area (Å²) in [5.74, 6) is 1.84. The third kappa shape index (κ3) is 3.51. The minimum Gasteiger partial charge on any atom is -0.420 e. The normalized spacial score (nSPS) is 12.3. The molecule has 0 bridgehead atoms. The highest BCUT2D eigenvalue weighted by Crippen LogP contribution is 2.34. The van der Waals surface area contributed by atoms with Crippen LogP contribution in [0.25, 0.3) is 11.5 Å². The third-order valence-electron chi connectivity index (χ3n) is 3.29. The Balaban J connectivity index is 1.65. The highest BCUT2D eigenvalue weighted by atomic mass is 35.5. The lowest BCUT2D eigenvalue weighted by atomic mass is 10.2. The average molecular weight is 331 g/mol. The van der Waals surface area contributed by atoms with Gasteiger partial charge in [-0.25, -0.2) is 0 Å². The van der Waals surface area contributed by atoms with Crippen LogP contribution in [-0.4, -0.2) is 10.2 Å². The Bertz CT molecular complexity index is 745. The van der Waals surface area contributed by atoms with Gasteiger partial charge in [0.05, 0.1) is 5.75 Å². The maximum absolute atomic E-state index is 6.22. The third-order valence-corrected chi connectivity index (χ3v) is 4.80. The topological polar surface area (TPSA) is 38.9 Å². The van der Waals surface area contributed by atoms with E-state index in [-0.39, 0.29) is 5.25 Å². The Hall–Kier alpha value is -1.78. The lowest BCUT2D eigenvalue weighted by molar-refractivity contribution is 0.528. The summed E-state index contributed by atoms with van der Waals surface area (Å²) in [6.45, 7) is 2.13. The van der Waals surface area contributed by atoms with E-state index in [2.05, 4.69) is 17.1 Å². The molecule has 0 saturated heterocycles. The molecule has 3 aromatic rings. The first-order chi connectivity index (χ1) is 10.7. The van der Waals surface area contributed by atoms with Gasteiger partial charge in [-0.3, -0.25) is 0 Å². The predicted molar refractivity (Wildman–Crippen MR) is 90.9 cm³/mol. The smallest absolute Gasteiger partial charge is 0.247 e. The van der Waals surface area contributed by atoms with Gasteiger partial charge in [0.15, 0.2) is 0 Å². The molecule has 5 heteroatoms. The molecule has 3 rings (SSSR count). The quantitative estimate of drug-likeness (QED) is 0.629. The largest absolute Gasteiger partial charge is 0.420 e. The summed E-state index contributed by atoms with van der Waals surface area (Å²) in [6, 6.07) is 17.7. The Morgan fingerprint density at radius 2 is 1.77 bits per heavy atom. The van der Waals surface area contributed by atoms with Crippen LogP contribution < -0.4 is 0 Å². The van der Waals surface area contributed by atoms with Crippen molar-refractivity contribution in [3.8, 4) is 11.5 Å². The van der Waals surface area contributed by atoms with Crippen LogP contribution in [0.3, 0.4) is 0 Å². The molecule has 0 aliphatic rings. The molecular formula is C17H15ClN2OS. The summed E-state index contributed by atoms with van der Waals surface area (Å²) >= 11 is 7.94. The van der Waals surface area contributed by atoms with Gasteiger partial charge in [-0.1, -0.05) is 48.0 Å². The minimum atomic E-state index is 0.265. The van der Waals surface area contributed by atoms with Crippen LogP contribution in [0.5, 0.6) is 0 Å². The van der Waals surface area contributed by atoms with Crippen molar-refractivity contribution >= 4 is 23.4 Å². The van der Waals surface area contributed by atoms with Crippen LogP contribution >= 0.6 is 23.4 Å². The first kappa shape index (κ1) is 15.1. The maximum Gasteiger partial charge on any atom is 0.247 e. The summed E-state index contributed by atoms with van der Waals surface area (Å²) in [5, 5.41) is 9.26. The second-order valence-electron chi connectivity index (χ2n) is 4.84. The highest BCUT2D eigenvalue weighted by molar-refractivity contribution is 7.98. The number of thioether (sulfide) groups is 1. The van der Waals surface area contributed by atoms with Crippen molar-refractivity contribution in [3.05, 3.63) is 71.1 Å². The van der Waals surface area contributed by atoms with E-state index in [4.69, 9.17) is 16.0 Å². The summed E-state index contributed by atoms with van der Waals surface area (Å²) in [5.41, 5.74) is 2.06. The van der Waals surface area contributed by atoms with Crippen molar-refractivity contribution < 1.29 is 4.42 Å². The standard InChI is InChI=1S/C17H15ClN2OS/c1-12(14-9-5-6-10-15(14)18)22-11-16-19-20-17(21-16)13-7-3-2-4-8-13/h2-10,12H,11H2,1H3. The molecule has 22 heavy (non-hydrogen) atoms. The lowest BCUT2D eigenvalue weighted by Gasteiger charge is -2.11. The summed E-state index contributed by atoms with van der Waals surface area (Å²) in [7, 11) is 0. The number of rotatable bonds is 5. The fraction of sp³-hybridized carbons (Fsp3) is 0.176. The van der Waals surface area contributed by atoms with E-state index >= 15 is 0 Å². The molecule has 2 aromatic carbocycles. The molecule has 0 fully saturated rings. The zero-order valence-electron chi connectivity index (χ0n) is 12.1. The SMILES string of the molecule is CC(SCc1nnc(-c2ccccc2)o1)c1ccccc1Cl. The summed E-state index contributed by atoms with van der Waals surface area (Å²) in [6.07, 6.45) is 0. The van der Waals surface area contributed by atoms with Gasteiger partial charge in [0.25, 0.3) is 0 Å². The molecule has 0 amide bonds. The van der Waals surface area contributed by atoms with Crippen LogP contribution in [0.15, 0.2) is 59.0 Å². The number of hydrogen-bond donors (Lipinski definition) is 0. The van der Waals surface area contributed by atoms with Crippen molar-refractivity contribution in [2.45, 2.75) is 17.9 Å². The van der Waals surface area contributed by atoms with Crippen molar-refractivity contribution in [2.75, 3.05) is 0 Å². The molecule has 0 aliphatic carbocycles. The molecule has 1 atom stereocenters. The molecular weight excluding hydrogens is 316 g/mol. The molecule has 0 radical (unpaired) electrons. The second-order valence-corrected chi connectivity index (χ2v) is 6.58. The van der Waals surface area contributed by atoms with E-state index < -0.39 is 0 Å². The summed E-state index contributed by atoms with van der Waals surface area (Å²) in [4.78, 5) is 0. The Morgan fingerprint density at radius 1 is 1.05 bits per heavy atom. The molecule has 1 unspecified atom stereocenters. The molecule has 0 N–H and O–H groups in total. The molecule has 0 saturated carbocycles.